The maximum Gasteiger partial charge on any atom is 0.255 e. The minimum Gasteiger partial charge on any atom is -0.497 e. The minimum absolute atomic E-state index is 0.155. The first kappa shape index (κ1) is 15.3. The average Bonchev–Trinajstić information content (AvgIpc) is 2.42. The van der Waals surface area contributed by atoms with Crippen molar-refractivity contribution >= 4 is 5.91 Å². The van der Waals surface area contributed by atoms with Crippen molar-refractivity contribution < 1.29 is 14.3 Å². The summed E-state index contributed by atoms with van der Waals surface area (Å²) in [5, 5.41) is 2.86. The van der Waals surface area contributed by atoms with Crippen molar-refractivity contribution in [2.75, 3.05) is 27.3 Å². The van der Waals surface area contributed by atoms with E-state index in [1.165, 1.54) is 7.11 Å². The molecule has 0 aliphatic carbocycles. The molecule has 106 valence electrons. The Morgan fingerprint density at radius 3 is 2.58 bits per heavy atom. The summed E-state index contributed by atoms with van der Waals surface area (Å²) in [5.41, 5.74) is 6.88. The van der Waals surface area contributed by atoms with Crippen LogP contribution in [0, 0.1) is 12.8 Å². The summed E-state index contributed by atoms with van der Waals surface area (Å²) in [5.74, 6) is 1.27. The predicted octanol–water partition coefficient (Wildman–Crippen LogP) is 1.34. The van der Waals surface area contributed by atoms with Crippen LogP contribution in [0.15, 0.2) is 12.1 Å². The smallest absolute Gasteiger partial charge is 0.255 e. The molecule has 5 nitrogen and oxygen atoms in total. The summed E-state index contributed by atoms with van der Waals surface area (Å²) >= 11 is 0. The maximum atomic E-state index is 12.2. The van der Waals surface area contributed by atoms with E-state index in [0.717, 1.165) is 5.56 Å². The van der Waals surface area contributed by atoms with Gasteiger partial charge in [0.1, 0.15) is 11.5 Å². The Hall–Kier alpha value is -1.75. The van der Waals surface area contributed by atoms with E-state index < -0.39 is 0 Å². The van der Waals surface area contributed by atoms with Gasteiger partial charge in [-0.1, -0.05) is 6.92 Å². The van der Waals surface area contributed by atoms with Crippen LogP contribution in [-0.2, 0) is 0 Å². The molecule has 0 bridgehead atoms. The molecule has 0 aliphatic heterocycles. The molecule has 3 N–H and O–H groups in total. The molecule has 0 spiro atoms. The van der Waals surface area contributed by atoms with Crippen LogP contribution in [0.5, 0.6) is 11.5 Å². The van der Waals surface area contributed by atoms with Gasteiger partial charge < -0.3 is 20.5 Å². The number of ether oxygens (including phenoxy) is 2. The van der Waals surface area contributed by atoms with E-state index in [-0.39, 0.29) is 11.8 Å². The van der Waals surface area contributed by atoms with Crippen molar-refractivity contribution in [1.82, 2.24) is 5.32 Å². The van der Waals surface area contributed by atoms with Crippen LogP contribution in [-0.4, -0.2) is 33.2 Å². The lowest BCUT2D eigenvalue weighted by atomic mass is 10.1. The lowest BCUT2D eigenvalue weighted by Gasteiger charge is -2.15. The third kappa shape index (κ3) is 3.86. The van der Waals surface area contributed by atoms with E-state index >= 15 is 0 Å². The van der Waals surface area contributed by atoms with Crippen LogP contribution in [0.1, 0.15) is 22.8 Å². The number of methoxy groups -OCH3 is 2. The number of nitrogens with two attached hydrogens (primary N) is 1. The number of carbonyl (C=O) groups excluding carboxylic acids is 1. The van der Waals surface area contributed by atoms with Crippen LogP contribution in [0.3, 0.4) is 0 Å². The number of hydrogen-bond acceptors (Lipinski definition) is 4. The average molecular weight is 266 g/mol. The number of rotatable bonds is 6. The van der Waals surface area contributed by atoms with Crippen LogP contribution in [0.25, 0.3) is 0 Å². The van der Waals surface area contributed by atoms with E-state index in [2.05, 4.69) is 5.32 Å². The molecule has 0 saturated carbocycles. The fourth-order valence-electron chi connectivity index (χ4n) is 1.73. The molecule has 1 unspecified atom stereocenters. The number of nitrogens with one attached hydrogen (secondary N) is 1. The Bertz CT molecular complexity index is 447. The molecule has 0 radical (unpaired) electrons. The molecule has 0 aromatic heterocycles. The van der Waals surface area contributed by atoms with Crippen molar-refractivity contribution in [2.24, 2.45) is 11.7 Å². The Morgan fingerprint density at radius 1 is 1.37 bits per heavy atom. The largest absolute Gasteiger partial charge is 0.497 e. The molecule has 0 aliphatic rings. The highest BCUT2D eigenvalue weighted by Crippen LogP contribution is 2.28. The van der Waals surface area contributed by atoms with Crippen molar-refractivity contribution in [3.8, 4) is 11.5 Å². The summed E-state index contributed by atoms with van der Waals surface area (Å²) in [4.78, 5) is 12.2. The second kappa shape index (κ2) is 6.99. The predicted molar refractivity (Wildman–Crippen MR) is 74.8 cm³/mol. The fourth-order valence-corrected chi connectivity index (χ4v) is 1.73. The van der Waals surface area contributed by atoms with Gasteiger partial charge in [0.15, 0.2) is 0 Å². The van der Waals surface area contributed by atoms with Gasteiger partial charge in [-0.3, -0.25) is 4.79 Å². The van der Waals surface area contributed by atoms with Crippen LogP contribution >= 0.6 is 0 Å². The zero-order valence-corrected chi connectivity index (χ0v) is 11.9. The summed E-state index contributed by atoms with van der Waals surface area (Å²) in [6.45, 7) is 4.92. The lowest BCUT2D eigenvalue weighted by molar-refractivity contribution is 0.0945. The number of benzene rings is 1. The Labute approximate surface area is 114 Å². The molecule has 0 heterocycles. The van der Waals surface area contributed by atoms with Gasteiger partial charge in [-0.05, 0) is 31.0 Å². The normalized spacial score (nSPS) is 11.8. The standard InChI is InChI=1S/C14H22N2O3/c1-9(7-15)8-16-14(17)13-10(2)5-11(18-3)6-12(13)19-4/h5-6,9H,7-8,15H2,1-4H3,(H,16,17). The Morgan fingerprint density at radius 2 is 2.05 bits per heavy atom. The number of hydrogen-bond donors (Lipinski definition) is 2. The third-order valence-electron chi connectivity index (χ3n) is 2.97. The van der Waals surface area contributed by atoms with Crippen molar-refractivity contribution in [1.29, 1.82) is 0 Å². The maximum absolute atomic E-state index is 12.2. The highest BCUT2D eigenvalue weighted by atomic mass is 16.5. The molecule has 0 fully saturated rings. The molecule has 1 atom stereocenters. The van der Waals surface area contributed by atoms with Gasteiger partial charge in [-0.25, -0.2) is 0 Å². The molecule has 1 aromatic carbocycles. The van der Waals surface area contributed by atoms with Gasteiger partial charge in [0.25, 0.3) is 5.91 Å². The Kier molecular flexibility index (Phi) is 5.63. The summed E-state index contributed by atoms with van der Waals surface area (Å²) in [6.07, 6.45) is 0. The zero-order chi connectivity index (χ0) is 14.4. The SMILES string of the molecule is COc1cc(C)c(C(=O)NCC(C)CN)c(OC)c1. The monoisotopic (exact) mass is 266 g/mol. The van der Waals surface area contributed by atoms with Gasteiger partial charge in [-0.15, -0.1) is 0 Å². The highest BCUT2D eigenvalue weighted by molar-refractivity contribution is 5.98. The third-order valence-corrected chi connectivity index (χ3v) is 2.97. The van der Waals surface area contributed by atoms with E-state index in [9.17, 15) is 4.79 Å². The minimum atomic E-state index is -0.155. The second-order valence-corrected chi connectivity index (χ2v) is 4.57. The van der Waals surface area contributed by atoms with Crippen molar-refractivity contribution in [2.45, 2.75) is 13.8 Å². The molecule has 0 saturated heterocycles. The molecular weight excluding hydrogens is 244 g/mol. The van der Waals surface area contributed by atoms with E-state index in [1.54, 1.807) is 13.2 Å². The summed E-state index contributed by atoms with van der Waals surface area (Å²) in [6, 6.07) is 3.51. The fraction of sp³-hybridized carbons (Fsp3) is 0.500. The zero-order valence-electron chi connectivity index (χ0n) is 11.9. The molecule has 1 rings (SSSR count). The molecule has 1 amide bonds. The topological polar surface area (TPSA) is 73.6 Å². The van der Waals surface area contributed by atoms with Gasteiger partial charge in [0, 0.05) is 12.6 Å². The van der Waals surface area contributed by atoms with Gasteiger partial charge in [0.2, 0.25) is 0 Å². The molecular formula is C14H22N2O3. The first-order valence-electron chi connectivity index (χ1n) is 6.24. The number of carbonyl (C=O) groups is 1. The van der Waals surface area contributed by atoms with Crippen LogP contribution in [0.4, 0.5) is 0 Å². The van der Waals surface area contributed by atoms with E-state index in [1.807, 2.05) is 19.9 Å². The molecule has 1 aromatic rings. The van der Waals surface area contributed by atoms with Gasteiger partial charge >= 0.3 is 0 Å². The highest BCUT2D eigenvalue weighted by Gasteiger charge is 2.17. The van der Waals surface area contributed by atoms with Crippen LogP contribution < -0.4 is 20.5 Å². The first-order chi connectivity index (χ1) is 9.03. The first-order valence-corrected chi connectivity index (χ1v) is 6.24. The molecule has 19 heavy (non-hydrogen) atoms. The van der Waals surface area contributed by atoms with Crippen molar-refractivity contribution in [3.05, 3.63) is 23.3 Å². The molecule has 5 heteroatoms. The number of aryl methyl sites for hydroxylation is 1. The second-order valence-electron chi connectivity index (χ2n) is 4.57. The van der Waals surface area contributed by atoms with Crippen molar-refractivity contribution in [3.63, 3.8) is 0 Å². The number of amides is 1. The van der Waals surface area contributed by atoms with E-state index in [4.69, 9.17) is 15.2 Å². The van der Waals surface area contributed by atoms with Crippen LogP contribution in [0.2, 0.25) is 0 Å². The van der Waals surface area contributed by atoms with E-state index in [0.29, 0.717) is 30.2 Å². The quantitative estimate of drug-likeness (QED) is 0.815. The van der Waals surface area contributed by atoms with Gasteiger partial charge in [-0.2, -0.15) is 0 Å². The Balaban J connectivity index is 2.95. The summed E-state index contributed by atoms with van der Waals surface area (Å²) < 4.78 is 10.4. The lowest BCUT2D eigenvalue weighted by Crippen LogP contribution is -2.31. The van der Waals surface area contributed by atoms with Gasteiger partial charge in [0.05, 0.1) is 19.8 Å². The summed E-state index contributed by atoms with van der Waals surface area (Å²) in [7, 11) is 3.12.